The molecule has 0 atom stereocenters. The van der Waals surface area contributed by atoms with Crippen molar-refractivity contribution in [1.29, 1.82) is 0 Å². The van der Waals surface area contributed by atoms with Crippen LogP contribution in [0.2, 0.25) is 0 Å². The second-order valence-corrected chi connectivity index (χ2v) is 5.10. The van der Waals surface area contributed by atoms with Crippen molar-refractivity contribution in [2.24, 2.45) is 0 Å². The number of hydrogen-bond acceptors (Lipinski definition) is 2. The van der Waals surface area contributed by atoms with E-state index in [4.69, 9.17) is 0 Å². The van der Waals surface area contributed by atoms with E-state index in [2.05, 4.69) is 10.6 Å². The quantitative estimate of drug-likeness (QED) is 0.920. The van der Waals surface area contributed by atoms with Crippen LogP contribution in [0.5, 0.6) is 0 Å². The molecule has 2 aromatic rings. The third-order valence-corrected chi connectivity index (χ3v) is 3.66. The summed E-state index contributed by atoms with van der Waals surface area (Å²) in [5.74, 6) is 0. The molecule has 0 spiro atoms. The van der Waals surface area contributed by atoms with Crippen LogP contribution in [0.1, 0.15) is 11.1 Å². The normalized spacial score (nSPS) is 12.6. The molecule has 2 amide bonds. The van der Waals surface area contributed by atoms with Crippen LogP contribution >= 0.6 is 12.4 Å². The monoisotopic (exact) mass is 316 g/mol. The van der Waals surface area contributed by atoms with Gasteiger partial charge in [0.1, 0.15) is 0 Å². The highest BCUT2D eigenvalue weighted by molar-refractivity contribution is 6.04. The van der Waals surface area contributed by atoms with Gasteiger partial charge in [0.25, 0.3) is 0 Å². The molecule has 1 N–H and O–H groups in total. The van der Waals surface area contributed by atoms with Gasteiger partial charge in [-0.1, -0.05) is 42.5 Å². The molecule has 1 heterocycles. The number of nitrogens with one attached hydrogen (secondary N) is 1. The van der Waals surface area contributed by atoms with Crippen LogP contribution in [0.15, 0.2) is 48.5 Å². The fourth-order valence-electron chi connectivity index (χ4n) is 2.56. The Kier molecular flexibility index (Phi) is 5.41. The average Bonchev–Trinajstić information content (AvgIpc) is 2.83. The molecule has 1 radical (unpaired) electrons. The minimum Gasteiger partial charge on any atom is -0.319 e. The van der Waals surface area contributed by atoms with E-state index in [1.807, 2.05) is 55.6 Å². The van der Waals surface area contributed by atoms with Crippen LogP contribution in [0.25, 0.3) is 0 Å². The number of nitrogens with zero attached hydrogens (tertiary/aromatic N) is 2. The summed E-state index contributed by atoms with van der Waals surface area (Å²) in [7, 11) is 1.92. The molecule has 0 aromatic heterocycles. The standard InChI is InChI=1S/C17H18N3O.ClH/c1-18-11-10-14-8-5-9-15-16(14)19-17(21)20(15)12-13-6-3-2-4-7-13;/h2-9,18H,10-12H2,1H3;1H. The molecule has 22 heavy (non-hydrogen) atoms. The van der Waals surface area contributed by atoms with Gasteiger partial charge in [-0.15, -0.1) is 12.4 Å². The molecular formula is C17H19ClN3O. The van der Waals surface area contributed by atoms with Crippen molar-refractivity contribution >= 4 is 29.8 Å². The highest BCUT2D eigenvalue weighted by Gasteiger charge is 2.30. The van der Waals surface area contributed by atoms with Gasteiger partial charge in [-0.3, -0.25) is 4.90 Å². The number of carbonyl (C=O) groups is 1. The molecule has 5 heteroatoms. The smallest absolute Gasteiger partial charge is 0.319 e. The van der Waals surface area contributed by atoms with Crippen LogP contribution in [-0.4, -0.2) is 19.6 Å². The van der Waals surface area contributed by atoms with E-state index in [-0.39, 0.29) is 18.4 Å². The van der Waals surface area contributed by atoms with Gasteiger partial charge in [-0.2, -0.15) is 5.32 Å². The topological polar surface area (TPSA) is 46.4 Å². The highest BCUT2D eigenvalue weighted by atomic mass is 35.5. The first kappa shape index (κ1) is 16.3. The maximum atomic E-state index is 12.2. The van der Waals surface area contributed by atoms with Gasteiger partial charge in [-0.25, -0.2) is 4.79 Å². The van der Waals surface area contributed by atoms with E-state index in [0.717, 1.165) is 35.5 Å². The van der Waals surface area contributed by atoms with Gasteiger partial charge >= 0.3 is 6.03 Å². The fourth-order valence-corrected chi connectivity index (χ4v) is 2.56. The highest BCUT2D eigenvalue weighted by Crippen LogP contribution is 2.36. The Labute approximate surface area is 136 Å². The van der Waals surface area contributed by atoms with E-state index in [0.29, 0.717) is 6.54 Å². The number of likely N-dealkylation sites (N-methyl/N-ethyl adjacent to an activating group) is 1. The maximum Gasteiger partial charge on any atom is 0.349 e. The Morgan fingerprint density at radius 2 is 1.86 bits per heavy atom. The molecule has 0 saturated heterocycles. The predicted octanol–water partition coefficient (Wildman–Crippen LogP) is 3.25. The molecule has 0 saturated carbocycles. The van der Waals surface area contributed by atoms with Crippen LogP contribution in [-0.2, 0) is 13.0 Å². The largest absolute Gasteiger partial charge is 0.349 e. The molecule has 0 fully saturated rings. The summed E-state index contributed by atoms with van der Waals surface area (Å²) in [5.41, 5.74) is 3.96. The molecule has 0 bridgehead atoms. The Morgan fingerprint density at radius 3 is 2.59 bits per heavy atom. The van der Waals surface area contributed by atoms with Gasteiger partial charge in [0, 0.05) is 0 Å². The first-order valence-corrected chi connectivity index (χ1v) is 7.13. The summed E-state index contributed by atoms with van der Waals surface area (Å²) in [6.07, 6.45) is 0.871. The Bertz CT molecular complexity index is 646. The number of para-hydroxylation sites is 1. The molecule has 4 nitrogen and oxygen atoms in total. The zero-order chi connectivity index (χ0) is 14.7. The fraction of sp³-hybridized carbons (Fsp3) is 0.235. The summed E-state index contributed by atoms with van der Waals surface area (Å²) in [4.78, 5) is 13.9. The van der Waals surface area contributed by atoms with Gasteiger partial charge in [0.2, 0.25) is 0 Å². The first-order valence-electron chi connectivity index (χ1n) is 7.13. The molecule has 3 rings (SSSR count). The molecule has 115 valence electrons. The number of urea groups is 1. The zero-order valence-electron chi connectivity index (χ0n) is 12.5. The SMILES string of the molecule is CNCCc1cccc2c1[N]C(=O)N2Cc1ccccc1.Cl. The summed E-state index contributed by atoms with van der Waals surface area (Å²) in [6, 6.07) is 15.8. The van der Waals surface area contributed by atoms with Crippen molar-refractivity contribution < 1.29 is 4.79 Å². The lowest BCUT2D eigenvalue weighted by Gasteiger charge is -2.15. The second-order valence-electron chi connectivity index (χ2n) is 5.10. The number of halogens is 1. The van der Waals surface area contributed by atoms with E-state index in [1.165, 1.54) is 0 Å². The summed E-state index contributed by atoms with van der Waals surface area (Å²) < 4.78 is 0. The van der Waals surface area contributed by atoms with Crippen molar-refractivity contribution in [1.82, 2.24) is 10.6 Å². The minimum absolute atomic E-state index is 0. The summed E-state index contributed by atoms with van der Waals surface area (Å²) in [5, 5.41) is 7.37. The van der Waals surface area contributed by atoms with Crippen LogP contribution in [0.4, 0.5) is 16.2 Å². The Hall–Kier alpha value is -2.04. The predicted molar refractivity (Wildman–Crippen MR) is 91.1 cm³/mol. The van der Waals surface area contributed by atoms with E-state index in [9.17, 15) is 4.79 Å². The lowest BCUT2D eigenvalue weighted by molar-refractivity contribution is 0.250. The van der Waals surface area contributed by atoms with Crippen molar-refractivity contribution in [3.05, 3.63) is 59.7 Å². The summed E-state index contributed by atoms with van der Waals surface area (Å²) >= 11 is 0. The van der Waals surface area contributed by atoms with Crippen molar-refractivity contribution in [2.45, 2.75) is 13.0 Å². The lowest BCUT2D eigenvalue weighted by Crippen LogP contribution is -2.27. The third-order valence-electron chi connectivity index (χ3n) is 3.66. The van der Waals surface area contributed by atoms with Gasteiger partial charge in [-0.05, 0) is 37.2 Å². The lowest BCUT2D eigenvalue weighted by atomic mass is 10.1. The Balaban J connectivity index is 0.00000176. The number of benzene rings is 2. The Morgan fingerprint density at radius 1 is 1.09 bits per heavy atom. The second kappa shape index (κ2) is 7.29. The molecule has 1 aliphatic rings. The van der Waals surface area contributed by atoms with Gasteiger partial charge < -0.3 is 5.32 Å². The van der Waals surface area contributed by atoms with Gasteiger partial charge in [0.15, 0.2) is 0 Å². The van der Waals surface area contributed by atoms with Crippen molar-refractivity contribution in [3.63, 3.8) is 0 Å². The van der Waals surface area contributed by atoms with E-state index in [1.54, 1.807) is 4.90 Å². The molecule has 2 aromatic carbocycles. The minimum atomic E-state index is -0.175. The average molecular weight is 317 g/mol. The van der Waals surface area contributed by atoms with E-state index >= 15 is 0 Å². The van der Waals surface area contributed by atoms with Crippen LogP contribution in [0.3, 0.4) is 0 Å². The maximum absolute atomic E-state index is 12.2. The van der Waals surface area contributed by atoms with Crippen molar-refractivity contribution in [3.8, 4) is 0 Å². The molecule has 0 unspecified atom stereocenters. The number of hydrogen-bond donors (Lipinski definition) is 1. The molecule has 1 aliphatic heterocycles. The molecule has 0 aliphatic carbocycles. The first-order chi connectivity index (χ1) is 10.3. The van der Waals surface area contributed by atoms with Gasteiger partial charge in [0.05, 0.1) is 17.9 Å². The number of rotatable bonds is 5. The zero-order valence-corrected chi connectivity index (χ0v) is 13.3. The number of carbonyl (C=O) groups excluding carboxylic acids is 1. The van der Waals surface area contributed by atoms with Crippen LogP contribution in [0, 0.1) is 0 Å². The number of anilines is 1. The number of amides is 2. The summed E-state index contributed by atoms with van der Waals surface area (Å²) in [6.45, 7) is 1.44. The van der Waals surface area contributed by atoms with Crippen LogP contribution < -0.4 is 15.5 Å². The molecular weight excluding hydrogens is 298 g/mol. The third kappa shape index (κ3) is 3.24. The van der Waals surface area contributed by atoms with E-state index < -0.39 is 0 Å². The number of fused-ring (bicyclic) bond motifs is 1. The van der Waals surface area contributed by atoms with Crippen molar-refractivity contribution in [2.75, 3.05) is 18.5 Å².